The van der Waals surface area contributed by atoms with Gasteiger partial charge in [0.25, 0.3) is 0 Å². The maximum absolute atomic E-state index is 12.1. The highest BCUT2D eigenvalue weighted by Crippen LogP contribution is 2.23. The molecule has 5 heteroatoms. The van der Waals surface area contributed by atoms with Crippen molar-refractivity contribution in [3.05, 3.63) is 35.9 Å². The average molecular weight is 363 g/mol. The van der Waals surface area contributed by atoms with Crippen molar-refractivity contribution >= 4 is 6.09 Å². The topological polar surface area (TPSA) is 50.8 Å². The highest BCUT2D eigenvalue weighted by molar-refractivity contribution is 5.68. The van der Waals surface area contributed by atoms with Crippen LogP contribution in [0.4, 0.5) is 4.79 Å². The Bertz CT molecular complexity index is 520. The first kappa shape index (κ1) is 20.7. The van der Waals surface area contributed by atoms with E-state index in [0.29, 0.717) is 6.61 Å². The van der Waals surface area contributed by atoms with Crippen LogP contribution in [0.3, 0.4) is 0 Å². The first-order chi connectivity index (χ1) is 12.4. The zero-order valence-corrected chi connectivity index (χ0v) is 16.5. The first-order valence-corrected chi connectivity index (χ1v) is 9.80. The van der Waals surface area contributed by atoms with E-state index in [0.717, 1.165) is 44.8 Å². The number of likely N-dealkylation sites (tertiary alicyclic amines) is 1. The highest BCUT2D eigenvalue weighted by Gasteiger charge is 2.26. The minimum atomic E-state index is -0.413. The summed E-state index contributed by atoms with van der Waals surface area (Å²) in [5, 5.41) is 0. The first-order valence-electron chi connectivity index (χ1n) is 9.80. The molecule has 1 saturated heterocycles. The summed E-state index contributed by atoms with van der Waals surface area (Å²) >= 11 is 0. The van der Waals surface area contributed by atoms with Gasteiger partial charge in [0, 0.05) is 19.6 Å². The molecule has 5 nitrogen and oxygen atoms in total. The molecule has 1 N–H and O–H groups in total. The molecule has 1 aliphatic rings. The molecule has 0 atom stereocenters. The van der Waals surface area contributed by atoms with Gasteiger partial charge in [-0.25, -0.2) is 10.3 Å². The van der Waals surface area contributed by atoms with Crippen LogP contribution < -0.4 is 5.48 Å². The van der Waals surface area contributed by atoms with Gasteiger partial charge in [-0.1, -0.05) is 43.2 Å². The van der Waals surface area contributed by atoms with Crippen LogP contribution in [0.1, 0.15) is 58.4 Å². The number of hydroxylamine groups is 1. The predicted molar refractivity (Wildman–Crippen MR) is 104 cm³/mol. The number of piperidine rings is 1. The number of nitrogens with zero attached hydrogens (tertiary/aromatic N) is 1. The van der Waals surface area contributed by atoms with Crippen LogP contribution >= 0.6 is 0 Å². The Kier molecular flexibility index (Phi) is 8.39. The van der Waals surface area contributed by atoms with Crippen molar-refractivity contribution in [3.63, 3.8) is 0 Å². The standard InChI is InChI=1S/C21H34N2O3/c1-21(2,3)26-20(24)23-15-12-18(13-16-23)9-7-8-14-22-25-17-19-10-5-4-6-11-19/h4-6,10-11,18,22H,7-9,12-17H2,1-3H3. The molecule has 26 heavy (non-hydrogen) atoms. The van der Waals surface area contributed by atoms with Gasteiger partial charge in [0.2, 0.25) is 0 Å². The third kappa shape index (κ3) is 8.19. The molecule has 0 spiro atoms. The summed E-state index contributed by atoms with van der Waals surface area (Å²) in [6.07, 6.45) is 5.52. The summed E-state index contributed by atoms with van der Waals surface area (Å²) < 4.78 is 5.45. The van der Waals surface area contributed by atoms with Crippen molar-refractivity contribution in [2.24, 2.45) is 5.92 Å². The van der Waals surface area contributed by atoms with Crippen LogP contribution in [0, 0.1) is 5.92 Å². The molecular weight excluding hydrogens is 328 g/mol. The van der Waals surface area contributed by atoms with Crippen LogP contribution in [0.2, 0.25) is 0 Å². The van der Waals surface area contributed by atoms with Crippen molar-refractivity contribution in [3.8, 4) is 0 Å². The van der Waals surface area contributed by atoms with Gasteiger partial charge in [-0.3, -0.25) is 4.84 Å². The third-order valence-electron chi connectivity index (χ3n) is 4.59. The summed E-state index contributed by atoms with van der Waals surface area (Å²) in [6, 6.07) is 10.2. The summed E-state index contributed by atoms with van der Waals surface area (Å²) in [7, 11) is 0. The van der Waals surface area contributed by atoms with E-state index in [-0.39, 0.29) is 6.09 Å². The number of hydrogen-bond donors (Lipinski definition) is 1. The number of hydrogen-bond acceptors (Lipinski definition) is 4. The molecular formula is C21H34N2O3. The minimum absolute atomic E-state index is 0.171. The van der Waals surface area contributed by atoms with Gasteiger partial charge in [0.05, 0.1) is 6.61 Å². The zero-order chi connectivity index (χ0) is 18.8. The summed E-state index contributed by atoms with van der Waals surface area (Å²) in [5.41, 5.74) is 3.81. The SMILES string of the molecule is CC(C)(C)OC(=O)N1CCC(CCCCNOCc2ccccc2)CC1. The van der Waals surface area contributed by atoms with Crippen LogP contribution in [0.15, 0.2) is 30.3 Å². The minimum Gasteiger partial charge on any atom is -0.444 e. The Morgan fingerprint density at radius 2 is 1.85 bits per heavy atom. The highest BCUT2D eigenvalue weighted by atomic mass is 16.6. The number of carbonyl (C=O) groups is 1. The second-order valence-electron chi connectivity index (χ2n) is 8.08. The molecule has 0 bridgehead atoms. The maximum atomic E-state index is 12.1. The van der Waals surface area contributed by atoms with Gasteiger partial charge in [-0.2, -0.15) is 0 Å². The van der Waals surface area contributed by atoms with E-state index >= 15 is 0 Å². The molecule has 1 aromatic carbocycles. The molecule has 0 radical (unpaired) electrons. The van der Waals surface area contributed by atoms with Crippen LogP contribution in [0.25, 0.3) is 0 Å². The Balaban J connectivity index is 1.48. The molecule has 1 amide bonds. The quantitative estimate of drug-likeness (QED) is 0.545. The molecule has 0 unspecified atom stereocenters. The van der Waals surface area contributed by atoms with Crippen molar-refractivity contribution in [1.82, 2.24) is 10.4 Å². The van der Waals surface area contributed by atoms with Crippen LogP contribution in [-0.4, -0.2) is 36.2 Å². The fourth-order valence-electron chi connectivity index (χ4n) is 3.14. The fraction of sp³-hybridized carbons (Fsp3) is 0.667. The van der Waals surface area contributed by atoms with Gasteiger partial charge < -0.3 is 9.64 Å². The molecule has 2 rings (SSSR count). The van der Waals surface area contributed by atoms with E-state index in [1.165, 1.54) is 18.4 Å². The zero-order valence-electron chi connectivity index (χ0n) is 16.5. The Labute approximate surface area is 158 Å². The van der Waals surface area contributed by atoms with Crippen molar-refractivity contribution < 1.29 is 14.4 Å². The number of ether oxygens (including phenoxy) is 1. The largest absolute Gasteiger partial charge is 0.444 e. The molecule has 1 fully saturated rings. The van der Waals surface area contributed by atoms with Gasteiger partial charge in [0.15, 0.2) is 0 Å². The second kappa shape index (κ2) is 10.5. The summed E-state index contributed by atoms with van der Waals surface area (Å²) in [5.74, 6) is 0.721. The van der Waals surface area contributed by atoms with Crippen LogP contribution in [0.5, 0.6) is 0 Å². The number of carbonyl (C=O) groups excluding carboxylic acids is 1. The van der Waals surface area contributed by atoms with Crippen molar-refractivity contribution in [1.29, 1.82) is 0 Å². The lowest BCUT2D eigenvalue weighted by Gasteiger charge is -2.33. The molecule has 146 valence electrons. The van der Waals surface area contributed by atoms with Gasteiger partial charge in [-0.15, -0.1) is 0 Å². The van der Waals surface area contributed by atoms with E-state index in [2.05, 4.69) is 17.6 Å². The Morgan fingerprint density at radius 3 is 2.50 bits per heavy atom. The van der Waals surface area contributed by atoms with Crippen molar-refractivity contribution in [2.75, 3.05) is 19.6 Å². The molecule has 0 saturated carbocycles. The number of unbranched alkanes of at least 4 members (excludes halogenated alkanes) is 1. The number of benzene rings is 1. The molecule has 1 heterocycles. The maximum Gasteiger partial charge on any atom is 0.410 e. The van der Waals surface area contributed by atoms with Crippen molar-refractivity contribution in [2.45, 2.75) is 65.1 Å². The van der Waals surface area contributed by atoms with E-state index in [1.54, 1.807) is 0 Å². The number of amides is 1. The van der Waals surface area contributed by atoms with E-state index in [9.17, 15) is 4.79 Å². The van der Waals surface area contributed by atoms with Crippen LogP contribution in [-0.2, 0) is 16.2 Å². The number of nitrogens with one attached hydrogen (secondary N) is 1. The van der Waals surface area contributed by atoms with E-state index in [1.807, 2.05) is 43.9 Å². The molecule has 0 aliphatic carbocycles. The number of rotatable bonds is 8. The monoisotopic (exact) mass is 362 g/mol. The van der Waals surface area contributed by atoms with E-state index < -0.39 is 5.60 Å². The lowest BCUT2D eigenvalue weighted by Crippen LogP contribution is -2.41. The lowest BCUT2D eigenvalue weighted by molar-refractivity contribution is 0.0176. The molecule has 1 aromatic rings. The Hall–Kier alpha value is -1.59. The summed E-state index contributed by atoms with van der Waals surface area (Å²) in [4.78, 5) is 19.4. The normalized spacial score (nSPS) is 15.9. The second-order valence-corrected chi connectivity index (χ2v) is 8.08. The molecule has 0 aromatic heterocycles. The third-order valence-corrected chi connectivity index (χ3v) is 4.59. The fourth-order valence-corrected chi connectivity index (χ4v) is 3.14. The lowest BCUT2D eigenvalue weighted by atomic mass is 9.92. The van der Waals surface area contributed by atoms with Gasteiger partial charge >= 0.3 is 6.09 Å². The Morgan fingerprint density at radius 1 is 1.15 bits per heavy atom. The average Bonchev–Trinajstić information content (AvgIpc) is 2.61. The smallest absolute Gasteiger partial charge is 0.410 e. The molecule has 1 aliphatic heterocycles. The predicted octanol–water partition coefficient (Wildman–Crippen LogP) is 4.53. The van der Waals surface area contributed by atoms with Gasteiger partial charge in [0.1, 0.15) is 5.60 Å². The summed E-state index contributed by atoms with van der Waals surface area (Å²) in [6.45, 7) is 8.85. The van der Waals surface area contributed by atoms with E-state index in [4.69, 9.17) is 9.57 Å². The van der Waals surface area contributed by atoms with Gasteiger partial charge in [-0.05, 0) is 51.5 Å².